The highest BCUT2D eigenvalue weighted by atomic mass is 35.5. The van der Waals surface area contributed by atoms with Crippen LogP contribution < -0.4 is 0 Å². The molecule has 0 unspecified atom stereocenters. The third-order valence-corrected chi connectivity index (χ3v) is 6.56. The minimum absolute atomic E-state index is 0. The lowest BCUT2D eigenvalue weighted by Gasteiger charge is -2.40. The first-order chi connectivity index (χ1) is 10.0. The highest BCUT2D eigenvalue weighted by Crippen LogP contribution is 2.45. The van der Waals surface area contributed by atoms with Gasteiger partial charge in [-0.15, -0.1) is 23.7 Å². The van der Waals surface area contributed by atoms with E-state index in [1.807, 2.05) is 11.3 Å². The van der Waals surface area contributed by atoms with Crippen LogP contribution in [-0.4, -0.2) is 52.7 Å². The predicted octanol–water partition coefficient (Wildman–Crippen LogP) is 3.36. The third kappa shape index (κ3) is 2.23. The van der Waals surface area contributed by atoms with Crippen LogP contribution in [0.5, 0.6) is 0 Å². The van der Waals surface area contributed by atoms with E-state index in [2.05, 4.69) is 37.0 Å². The Hall–Kier alpha value is -0.560. The molecular weight excluding hydrogens is 336 g/mol. The van der Waals surface area contributed by atoms with Crippen LogP contribution in [0.2, 0.25) is 0 Å². The third-order valence-electron chi connectivity index (χ3n) is 4.77. The monoisotopic (exact) mass is 356 g/mol. The fourth-order valence-corrected chi connectivity index (χ4v) is 5.15. The number of nitrogens with zero attached hydrogens (tertiary/aromatic N) is 4. The van der Waals surface area contributed by atoms with Crippen LogP contribution in [0.3, 0.4) is 0 Å². The molecular formula is C15H21ClN4S2. The number of likely N-dealkylation sites (N-methyl/N-ethyl adjacent to an activating group) is 1. The van der Waals surface area contributed by atoms with Crippen molar-refractivity contribution in [3.05, 3.63) is 16.0 Å². The van der Waals surface area contributed by atoms with E-state index in [4.69, 9.17) is 9.98 Å². The Morgan fingerprint density at radius 2 is 2.09 bits per heavy atom. The van der Waals surface area contributed by atoms with E-state index in [1.54, 1.807) is 11.8 Å². The first-order valence-electron chi connectivity index (χ1n) is 7.32. The predicted molar refractivity (Wildman–Crippen MR) is 99.5 cm³/mol. The topological polar surface area (TPSA) is 31.2 Å². The summed E-state index contributed by atoms with van der Waals surface area (Å²) in [5.41, 5.74) is 3.02. The van der Waals surface area contributed by atoms with E-state index in [9.17, 15) is 0 Å². The average molecular weight is 357 g/mol. The number of hydrogen-bond acceptors (Lipinski definition) is 6. The number of fused-ring (bicyclic) bond motifs is 5. The average Bonchev–Trinajstić information content (AvgIpc) is 3.02. The molecule has 0 spiro atoms. The summed E-state index contributed by atoms with van der Waals surface area (Å²) in [5.74, 6) is 1.17. The zero-order valence-corrected chi connectivity index (χ0v) is 15.8. The van der Waals surface area contributed by atoms with Crippen LogP contribution in [0.1, 0.15) is 29.9 Å². The molecule has 4 heterocycles. The number of aliphatic imine (C=N–C) groups is 2. The lowest BCUT2D eigenvalue weighted by atomic mass is 9.87. The van der Waals surface area contributed by atoms with Crippen molar-refractivity contribution in [3.63, 3.8) is 0 Å². The molecule has 1 aromatic rings. The molecule has 3 aliphatic heterocycles. The zero-order valence-electron chi connectivity index (χ0n) is 13.3. The molecule has 3 aliphatic rings. The van der Waals surface area contributed by atoms with Gasteiger partial charge in [0.25, 0.3) is 0 Å². The van der Waals surface area contributed by atoms with Crippen molar-refractivity contribution < 1.29 is 0 Å². The van der Waals surface area contributed by atoms with E-state index < -0.39 is 0 Å². The zero-order chi connectivity index (χ0) is 14.8. The van der Waals surface area contributed by atoms with Crippen LogP contribution in [0, 0.1) is 0 Å². The molecule has 0 atom stereocenters. The van der Waals surface area contributed by atoms with Crippen molar-refractivity contribution in [1.82, 2.24) is 9.80 Å². The Labute approximate surface area is 146 Å². The van der Waals surface area contributed by atoms with E-state index in [1.165, 1.54) is 26.8 Å². The second kappa shape index (κ2) is 5.51. The van der Waals surface area contributed by atoms with Gasteiger partial charge >= 0.3 is 0 Å². The van der Waals surface area contributed by atoms with Crippen LogP contribution in [-0.2, 0) is 13.0 Å². The number of thioether (sulfide) groups is 1. The Balaban J connectivity index is 0.00000144. The van der Waals surface area contributed by atoms with Gasteiger partial charge in [-0.05, 0) is 39.1 Å². The fraction of sp³-hybridized carbons (Fsp3) is 0.600. The number of halogens is 1. The van der Waals surface area contributed by atoms with Gasteiger partial charge in [0.15, 0.2) is 5.17 Å². The van der Waals surface area contributed by atoms with Crippen LogP contribution in [0.15, 0.2) is 9.98 Å². The molecule has 0 aromatic carbocycles. The van der Waals surface area contributed by atoms with Gasteiger partial charge < -0.3 is 4.90 Å². The minimum atomic E-state index is 0. The van der Waals surface area contributed by atoms with E-state index >= 15 is 0 Å². The highest BCUT2D eigenvalue weighted by Gasteiger charge is 2.39. The molecule has 0 aliphatic carbocycles. The molecule has 0 N–H and O–H groups in total. The van der Waals surface area contributed by atoms with Crippen molar-refractivity contribution in [2.24, 2.45) is 9.98 Å². The molecule has 0 saturated carbocycles. The largest absolute Gasteiger partial charge is 0.303 e. The van der Waals surface area contributed by atoms with Gasteiger partial charge in [-0.3, -0.25) is 9.89 Å². The Morgan fingerprint density at radius 1 is 1.32 bits per heavy atom. The van der Waals surface area contributed by atoms with Crippen molar-refractivity contribution in [1.29, 1.82) is 0 Å². The summed E-state index contributed by atoms with van der Waals surface area (Å²) in [6, 6.07) is 0. The summed E-state index contributed by atoms with van der Waals surface area (Å²) in [5, 5.41) is 2.28. The SMILES string of the molecule is CSC1=Nc2sc3c(c2C2=NCCN12)CC(C)(C)N(C)C3.Cl. The van der Waals surface area contributed by atoms with E-state index in [-0.39, 0.29) is 17.9 Å². The molecule has 120 valence electrons. The summed E-state index contributed by atoms with van der Waals surface area (Å²) in [7, 11) is 2.22. The van der Waals surface area contributed by atoms with Gasteiger partial charge in [-0.1, -0.05) is 11.8 Å². The molecule has 0 amide bonds. The van der Waals surface area contributed by atoms with Crippen LogP contribution >= 0.6 is 35.5 Å². The Morgan fingerprint density at radius 3 is 2.82 bits per heavy atom. The van der Waals surface area contributed by atoms with Crippen molar-refractivity contribution in [2.75, 3.05) is 26.4 Å². The summed E-state index contributed by atoms with van der Waals surface area (Å²) in [6.45, 7) is 7.54. The van der Waals surface area contributed by atoms with Crippen LogP contribution in [0.4, 0.5) is 5.00 Å². The smallest absolute Gasteiger partial charge is 0.170 e. The highest BCUT2D eigenvalue weighted by molar-refractivity contribution is 8.13. The van der Waals surface area contributed by atoms with Gasteiger partial charge in [0.1, 0.15) is 10.8 Å². The van der Waals surface area contributed by atoms with E-state index in [0.717, 1.165) is 31.2 Å². The van der Waals surface area contributed by atoms with E-state index in [0.29, 0.717) is 0 Å². The summed E-state index contributed by atoms with van der Waals surface area (Å²) < 4.78 is 0. The molecule has 22 heavy (non-hydrogen) atoms. The normalized spacial score (nSPS) is 22.3. The van der Waals surface area contributed by atoms with Gasteiger partial charge in [-0.25, -0.2) is 4.99 Å². The van der Waals surface area contributed by atoms with Crippen molar-refractivity contribution in [2.45, 2.75) is 32.4 Å². The molecule has 7 heteroatoms. The minimum Gasteiger partial charge on any atom is -0.303 e. The lowest BCUT2D eigenvalue weighted by Crippen LogP contribution is -2.46. The molecule has 4 nitrogen and oxygen atoms in total. The molecule has 0 fully saturated rings. The van der Waals surface area contributed by atoms with Gasteiger partial charge in [0.2, 0.25) is 0 Å². The second-order valence-corrected chi connectivity index (χ2v) is 8.34. The fourth-order valence-electron chi connectivity index (χ4n) is 3.27. The standard InChI is InChI=1S/C15H20N4S2.ClH/c1-15(2)7-9-10(8-18(15)3)21-13-11(9)12-16-5-6-19(12)14(17-13)20-4;/h5-8H2,1-4H3;1H. The van der Waals surface area contributed by atoms with Crippen LogP contribution in [0.25, 0.3) is 0 Å². The second-order valence-electron chi connectivity index (χ2n) is 6.48. The molecule has 4 rings (SSSR count). The number of hydrogen-bond donors (Lipinski definition) is 0. The molecule has 0 saturated heterocycles. The molecule has 1 aromatic heterocycles. The van der Waals surface area contributed by atoms with Crippen molar-refractivity contribution >= 4 is 51.5 Å². The van der Waals surface area contributed by atoms with Crippen molar-refractivity contribution in [3.8, 4) is 0 Å². The van der Waals surface area contributed by atoms with Gasteiger partial charge in [-0.2, -0.15) is 0 Å². The lowest BCUT2D eigenvalue weighted by molar-refractivity contribution is 0.135. The van der Waals surface area contributed by atoms with Gasteiger partial charge in [0, 0.05) is 23.5 Å². The quantitative estimate of drug-likeness (QED) is 0.714. The van der Waals surface area contributed by atoms with Gasteiger partial charge in [0.05, 0.1) is 12.1 Å². The Kier molecular flexibility index (Phi) is 4.08. The first kappa shape index (κ1) is 16.3. The first-order valence-corrected chi connectivity index (χ1v) is 9.36. The maximum atomic E-state index is 4.91. The Bertz CT molecular complexity index is 677. The number of amidine groups is 2. The summed E-state index contributed by atoms with van der Waals surface area (Å²) in [6.07, 6.45) is 3.19. The molecule has 0 bridgehead atoms. The maximum absolute atomic E-state index is 4.91. The number of rotatable bonds is 0. The summed E-state index contributed by atoms with van der Waals surface area (Å²) >= 11 is 3.58. The molecule has 0 radical (unpaired) electrons. The maximum Gasteiger partial charge on any atom is 0.170 e. The number of thiophene rings is 1. The summed E-state index contributed by atoms with van der Waals surface area (Å²) in [4.78, 5) is 15.9.